The van der Waals surface area contributed by atoms with Crippen molar-refractivity contribution >= 4 is 10.0 Å². The molecule has 0 aromatic heterocycles. The van der Waals surface area contributed by atoms with Crippen molar-refractivity contribution in [2.45, 2.75) is 58.1 Å². The van der Waals surface area contributed by atoms with Crippen LogP contribution >= 0.6 is 0 Å². The standard InChI is InChI=1S/C14H23FN2O2S/c1-9(2)16-8-12-6-13(15)11(5)14(7-12)20(18,19)17-10(3)4/h6-7,9-10,16-17H,8H2,1-5H3. The van der Waals surface area contributed by atoms with E-state index in [9.17, 15) is 12.8 Å². The van der Waals surface area contributed by atoms with Gasteiger partial charge in [0.2, 0.25) is 10.0 Å². The first-order valence-corrected chi connectivity index (χ1v) is 8.16. The Morgan fingerprint density at radius 3 is 2.25 bits per heavy atom. The molecule has 0 atom stereocenters. The molecule has 0 bridgehead atoms. The van der Waals surface area contributed by atoms with Crippen molar-refractivity contribution in [3.05, 3.63) is 29.1 Å². The predicted molar refractivity (Wildman–Crippen MR) is 78.6 cm³/mol. The van der Waals surface area contributed by atoms with Crippen LogP contribution in [0.15, 0.2) is 17.0 Å². The SMILES string of the molecule is Cc1c(F)cc(CNC(C)C)cc1S(=O)(=O)NC(C)C. The molecule has 114 valence electrons. The lowest BCUT2D eigenvalue weighted by Gasteiger charge is -2.15. The monoisotopic (exact) mass is 302 g/mol. The van der Waals surface area contributed by atoms with Gasteiger partial charge in [-0.3, -0.25) is 0 Å². The molecule has 0 aliphatic heterocycles. The summed E-state index contributed by atoms with van der Waals surface area (Å²) < 4.78 is 40.8. The fourth-order valence-electron chi connectivity index (χ4n) is 1.78. The fourth-order valence-corrected chi connectivity index (χ4v) is 3.34. The second kappa shape index (κ2) is 6.65. The van der Waals surface area contributed by atoms with Gasteiger partial charge >= 0.3 is 0 Å². The number of sulfonamides is 1. The van der Waals surface area contributed by atoms with Gasteiger partial charge in [-0.15, -0.1) is 0 Å². The van der Waals surface area contributed by atoms with Crippen molar-refractivity contribution < 1.29 is 12.8 Å². The highest BCUT2D eigenvalue weighted by Crippen LogP contribution is 2.21. The molecule has 0 radical (unpaired) electrons. The summed E-state index contributed by atoms with van der Waals surface area (Å²) in [5.41, 5.74) is 0.761. The van der Waals surface area contributed by atoms with Crippen LogP contribution in [0, 0.1) is 12.7 Å². The number of hydrogen-bond acceptors (Lipinski definition) is 3. The Labute approximate surface area is 120 Å². The first-order chi connectivity index (χ1) is 9.13. The summed E-state index contributed by atoms with van der Waals surface area (Å²) in [6.45, 7) is 9.31. The van der Waals surface area contributed by atoms with Gasteiger partial charge in [-0.1, -0.05) is 13.8 Å². The van der Waals surface area contributed by atoms with E-state index < -0.39 is 15.8 Å². The maximum atomic E-state index is 13.9. The number of benzene rings is 1. The highest BCUT2D eigenvalue weighted by molar-refractivity contribution is 7.89. The molecule has 0 saturated heterocycles. The molecule has 0 unspecified atom stereocenters. The molecule has 0 aliphatic rings. The lowest BCUT2D eigenvalue weighted by molar-refractivity contribution is 0.559. The minimum Gasteiger partial charge on any atom is -0.310 e. The Morgan fingerprint density at radius 1 is 1.15 bits per heavy atom. The lowest BCUT2D eigenvalue weighted by atomic mass is 10.1. The average molecular weight is 302 g/mol. The highest BCUT2D eigenvalue weighted by atomic mass is 32.2. The summed E-state index contributed by atoms with van der Waals surface area (Å²) in [5, 5.41) is 3.15. The van der Waals surface area contributed by atoms with Crippen LogP contribution in [0.5, 0.6) is 0 Å². The minimum atomic E-state index is -3.69. The van der Waals surface area contributed by atoms with Crippen LogP contribution in [0.2, 0.25) is 0 Å². The minimum absolute atomic E-state index is 0.00626. The van der Waals surface area contributed by atoms with E-state index in [1.807, 2.05) is 13.8 Å². The van der Waals surface area contributed by atoms with Crippen LogP contribution in [-0.4, -0.2) is 20.5 Å². The van der Waals surface area contributed by atoms with Crippen LogP contribution < -0.4 is 10.0 Å². The molecular formula is C14H23FN2O2S. The second-order valence-corrected chi connectivity index (χ2v) is 7.19. The van der Waals surface area contributed by atoms with Crippen molar-refractivity contribution in [1.29, 1.82) is 0 Å². The van der Waals surface area contributed by atoms with E-state index in [1.165, 1.54) is 19.1 Å². The molecule has 2 N–H and O–H groups in total. The van der Waals surface area contributed by atoms with Crippen molar-refractivity contribution in [2.24, 2.45) is 0 Å². The Bertz CT molecular complexity index is 569. The Morgan fingerprint density at radius 2 is 1.75 bits per heavy atom. The van der Waals surface area contributed by atoms with E-state index >= 15 is 0 Å². The van der Waals surface area contributed by atoms with Crippen molar-refractivity contribution in [3.8, 4) is 0 Å². The van der Waals surface area contributed by atoms with Gasteiger partial charge in [0.25, 0.3) is 0 Å². The van der Waals surface area contributed by atoms with E-state index in [0.717, 1.165) is 0 Å². The fraction of sp³-hybridized carbons (Fsp3) is 0.571. The smallest absolute Gasteiger partial charge is 0.241 e. The molecule has 0 heterocycles. The molecule has 1 aromatic carbocycles. The lowest BCUT2D eigenvalue weighted by Crippen LogP contribution is -2.31. The molecule has 1 rings (SSSR count). The Kier molecular flexibility index (Phi) is 5.68. The van der Waals surface area contributed by atoms with Crippen LogP contribution in [0.1, 0.15) is 38.8 Å². The molecule has 0 fully saturated rings. The molecule has 6 heteroatoms. The highest BCUT2D eigenvalue weighted by Gasteiger charge is 2.21. The summed E-state index contributed by atoms with van der Waals surface area (Å²) in [6.07, 6.45) is 0. The quantitative estimate of drug-likeness (QED) is 0.848. The van der Waals surface area contributed by atoms with Gasteiger partial charge in [0.05, 0.1) is 4.90 Å². The third kappa shape index (κ3) is 4.54. The van der Waals surface area contributed by atoms with E-state index in [0.29, 0.717) is 12.1 Å². The summed E-state index contributed by atoms with van der Waals surface area (Å²) in [6, 6.07) is 2.91. The Hall–Kier alpha value is -0.980. The van der Waals surface area contributed by atoms with Gasteiger partial charge < -0.3 is 5.32 Å². The zero-order valence-corrected chi connectivity index (χ0v) is 13.4. The molecule has 20 heavy (non-hydrogen) atoms. The van der Waals surface area contributed by atoms with Gasteiger partial charge in [0.15, 0.2) is 0 Å². The van der Waals surface area contributed by atoms with Gasteiger partial charge in [0, 0.05) is 24.2 Å². The Balaban J connectivity index is 3.19. The number of rotatable bonds is 6. The number of hydrogen-bond donors (Lipinski definition) is 2. The van der Waals surface area contributed by atoms with Crippen molar-refractivity contribution in [2.75, 3.05) is 0 Å². The van der Waals surface area contributed by atoms with Gasteiger partial charge in [-0.2, -0.15) is 0 Å². The summed E-state index contributed by atoms with van der Waals surface area (Å²) in [5.74, 6) is -0.503. The third-order valence-corrected chi connectivity index (χ3v) is 4.54. The number of halogens is 1. The first kappa shape index (κ1) is 17.1. The molecule has 0 saturated carbocycles. The average Bonchev–Trinajstić information content (AvgIpc) is 2.28. The molecular weight excluding hydrogens is 279 g/mol. The summed E-state index contributed by atoms with van der Waals surface area (Å²) >= 11 is 0. The topological polar surface area (TPSA) is 58.2 Å². The number of nitrogens with one attached hydrogen (secondary N) is 2. The van der Waals surface area contributed by atoms with Crippen molar-refractivity contribution in [3.63, 3.8) is 0 Å². The predicted octanol–water partition coefficient (Wildman–Crippen LogP) is 2.32. The van der Waals surface area contributed by atoms with Crippen LogP contribution in [0.3, 0.4) is 0 Å². The molecule has 1 aromatic rings. The van der Waals surface area contributed by atoms with Gasteiger partial charge in [0.1, 0.15) is 5.82 Å². The zero-order chi connectivity index (χ0) is 15.5. The van der Waals surface area contributed by atoms with E-state index in [4.69, 9.17) is 0 Å². The third-order valence-electron chi connectivity index (χ3n) is 2.75. The molecule has 4 nitrogen and oxygen atoms in total. The van der Waals surface area contributed by atoms with Gasteiger partial charge in [-0.25, -0.2) is 17.5 Å². The molecule has 0 spiro atoms. The summed E-state index contributed by atoms with van der Waals surface area (Å²) in [4.78, 5) is 0.00626. The van der Waals surface area contributed by atoms with E-state index in [-0.39, 0.29) is 22.5 Å². The normalized spacial score (nSPS) is 12.4. The van der Waals surface area contributed by atoms with Crippen LogP contribution in [-0.2, 0) is 16.6 Å². The van der Waals surface area contributed by atoms with E-state index in [1.54, 1.807) is 13.8 Å². The maximum Gasteiger partial charge on any atom is 0.241 e. The second-order valence-electron chi connectivity index (χ2n) is 5.51. The maximum absolute atomic E-state index is 13.9. The summed E-state index contributed by atoms with van der Waals surface area (Å²) in [7, 11) is -3.69. The molecule has 0 aliphatic carbocycles. The van der Waals surface area contributed by atoms with Gasteiger partial charge in [-0.05, 0) is 38.5 Å². The zero-order valence-electron chi connectivity index (χ0n) is 12.6. The largest absolute Gasteiger partial charge is 0.310 e. The van der Waals surface area contributed by atoms with E-state index in [2.05, 4.69) is 10.0 Å². The molecule has 0 amide bonds. The van der Waals surface area contributed by atoms with Crippen molar-refractivity contribution in [1.82, 2.24) is 10.0 Å². The first-order valence-electron chi connectivity index (χ1n) is 6.68. The van der Waals surface area contributed by atoms with Crippen LogP contribution in [0.4, 0.5) is 4.39 Å². The van der Waals surface area contributed by atoms with Crippen LogP contribution in [0.25, 0.3) is 0 Å².